The van der Waals surface area contributed by atoms with Gasteiger partial charge in [-0.15, -0.1) is 0 Å². The zero-order valence-corrected chi connectivity index (χ0v) is 14.6. The Morgan fingerprint density at radius 3 is 2.50 bits per heavy atom. The Labute approximate surface area is 152 Å². The molecule has 3 rings (SSSR count). The van der Waals surface area contributed by atoms with E-state index in [4.69, 9.17) is 14.2 Å². The third-order valence-corrected chi connectivity index (χ3v) is 4.00. The highest BCUT2D eigenvalue weighted by Crippen LogP contribution is 2.30. The van der Waals surface area contributed by atoms with Crippen LogP contribution < -0.4 is 9.47 Å². The number of fused-ring (bicyclic) bond motifs is 1. The molecule has 0 aliphatic carbocycles. The fourth-order valence-corrected chi connectivity index (χ4v) is 2.61. The number of ether oxygens (including phenoxy) is 3. The molecule has 0 aromatic heterocycles. The van der Waals surface area contributed by atoms with E-state index >= 15 is 0 Å². The van der Waals surface area contributed by atoms with Crippen molar-refractivity contribution in [2.24, 2.45) is 0 Å². The molecule has 0 atom stereocenters. The fourth-order valence-electron chi connectivity index (χ4n) is 2.61. The van der Waals surface area contributed by atoms with Crippen molar-refractivity contribution in [3.8, 4) is 11.5 Å². The summed E-state index contributed by atoms with van der Waals surface area (Å²) in [5, 5.41) is 0. The highest BCUT2D eigenvalue weighted by molar-refractivity contribution is 5.81. The summed E-state index contributed by atoms with van der Waals surface area (Å²) >= 11 is 0. The Bertz CT molecular complexity index is 775. The molecule has 0 bridgehead atoms. The number of likely N-dealkylation sites (N-methyl/N-ethyl adjacent to an activating group) is 1. The van der Waals surface area contributed by atoms with Gasteiger partial charge in [-0.2, -0.15) is 0 Å². The highest BCUT2D eigenvalue weighted by Gasteiger charge is 2.15. The van der Waals surface area contributed by atoms with E-state index in [0.717, 1.165) is 11.1 Å². The van der Waals surface area contributed by atoms with Crippen molar-refractivity contribution >= 4 is 11.9 Å². The lowest BCUT2D eigenvalue weighted by Gasteiger charge is -2.19. The minimum atomic E-state index is -0.455. The predicted molar refractivity (Wildman–Crippen MR) is 95.0 cm³/mol. The minimum absolute atomic E-state index is 0.0757. The fraction of sp³-hybridized carbons (Fsp3) is 0.300. The molecule has 2 aromatic rings. The van der Waals surface area contributed by atoms with Crippen molar-refractivity contribution in [3.63, 3.8) is 0 Å². The van der Waals surface area contributed by atoms with Gasteiger partial charge in [0.05, 0.1) is 6.42 Å². The summed E-state index contributed by atoms with van der Waals surface area (Å²) in [6.07, 6.45) is 0.0757. The Hall–Kier alpha value is -3.02. The monoisotopic (exact) mass is 355 g/mol. The summed E-state index contributed by atoms with van der Waals surface area (Å²) in [4.78, 5) is 25.6. The summed E-state index contributed by atoms with van der Waals surface area (Å²) in [5.74, 6) is 0.596. The van der Waals surface area contributed by atoms with Crippen molar-refractivity contribution in [1.29, 1.82) is 0 Å². The smallest absolute Gasteiger partial charge is 0.310 e. The molecular formula is C20H21NO5. The first-order chi connectivity index (χ1) is 12.6. The van der Waals surface area contributed by atoms with Gasteiger partial charge < -0.3 is 19.1 Å². The first-order valence-corrected chi connectivity index (χ1v) is 8.44. The average molecular weight is 355 g/mol. The molecule has 136 valence electrons. The van der Waals surface area contributed by atoms with E-state index in [1.807, 2.05) is 30.3 Å². The topological polar surface area (TPSA) is 65.1 Å². The van der Waals surface area contributed by atoms with Crippen molar-refractivity contribution in [2.45, 2.75) is 13.0 Å². The second-order valence-electron chi connectivity index (χ2n) is 6.05. The molecule has 0 radical (unpaired) electrons. The zero-order valence-electron chi connectivity index (χ0n) is 14.6. The van der Waals surface area contributed by atoms with Gasteiger partial charge in [0.15, 0.2) is 18.1 Å². The summed E-state index contributed by atoms with van der Waals surface area (Å²) in [6.45, 7) is 1.21. The lowest BCUT2D eigenvalue weighted by Crippen LogP contribution is -2.31. The number of esters is 1. The van der Waals surface area contributed by atoms with Gasteiger partial charge in [-0.1, -0.05) is 36.4 Å². The Morgan fingerprint density at radius 2 is 1.73 bits per heavy atom. The Morgan fingerprint density at radius 1 is 1.00 bits per heavy atom. The third-order valence-electron chi connectivity index (χ3n) is 4.00. The van der Waals surface area contributed by atoms with Gasteiger partial charge >= 0.3 is 5.97 Å². The average Bonchev–Trinajstić information content (AvgIpc) is 2.66. The summed E-state index contributed by atoms with van der Waals surface area (Å²) < 4.78 is 16.0. The largest absolute Gasteiger partial charge is 0.486 e. The van der Waals surface area contributed by atoms with E-state index in [9.17, 15) is 9.59 Å². The molecule has 2 aromatic carbocycles. The normalized spacial score (nSPS) is 12.3. The molecule has 26 heavy (non-hydrogen) atoms. The maximum absolute atomic E-state index is 12.1. The zero-order chi connectivity index (χ0) is 18.4. The molecule has 1 amide bonds. The van der Waals surface area contributed by atoms with E-state index in [1.54, 1.807) is 25.2 Å². The number of rotatable bonds is 6. The number of carbonyl (C=O) groups excluding carboxylic acids is 2. The van der Waals surface area contributed by atoms with E-state index in [1.165, 1.54) is 4.90 Å². The number of amides is 1. The van der Waals surface area contributed by atoms with Gasteiger partial charge in [-0.05, 0) is 23.3 Å². The van der Waals surface area contributed by atoms with Gasteiger partial charge in [0.2, 0.25) is 0 Å². The van der Waals surface area contributed by atoms with Crippen LogP contribution in [-0.4, -0.2) is 43.6 Å². The van der Waals surface area contributed by atoms with Gasteiger partial charge in [-0.25, -0.2) is 0 Å². The number of carbonyl (C=O) groups is 2. The molecule has 0 fully saturated rings. The van der Waals surface area contributed by atoms with Crippen molar-refractivity contribution < 1.29 is 23.8 Å². The molecule has 6 heteroatoms. The molecule has 1 aliphatic rings. The predicted octanol–water partition coefficient (Wildman–Crippen LogP) is 2.20. The van der Waals surface area contributed by atoms with Gasteiger partial charge in [0.1, 0.15) is 13.2 Å². The second-order valence-corrected chi connectivity index (χ2v) is 6.05. The number of nitrogens with zero attached hydrogens (tertiary/aromatic N) is 1. The highest BCUT2D eigenvalue weighted by atomic mass is 16.6. The quantitative estimate of drug-likeness (QED) is 0.744. The maximum atomic E-state index is 12.1. The number of hydrogen-bond donors (Lipinski definition) is 0. The van der Waals surface area contributed by atoms with E-state index in [-0.39, 0.29) is 18.9 Å². The molecule has 1 aliphatic heterocycles. The first-order valence-electron chi connectivity index (χ1n) is 8.44. The van der Waals surface area contributed by atoms with Crippen LogP contribution in [0.1, 0.15) is 11.1 Å². The van der Waals surface area contributed by atoms with E-state index in [2.05, 4.69) is 0 Å². The molecule has 6 nitrogen and oxygen atoms in total. The molecule has 0 unspecified atom stereocenters. The van der Waals surface area contributed by atoms with Crippen LogP contribution in [-0.2, 0) is 27.3 Å². The van der Waals surface area contributed by atoms with E-state index in [0.29, 0.717) is 31.3 Å². The van der Waals surface area contributed by atoms with Crippen molar-refractivity contribution in [3.05, 3.63) is 59.7 Å². The van der Waals surface area contributed by atoms with Crippen LogP contribution in [0.25, 0.3) is 0 Å². The third kappa shape index (κ3) is 4.75. The molecule has 0 N–H and O–H groups in total. The SMILES string of the molecule is CN(Cc1ccccc1)C(=O)COC(=O)Cc1ccc2c(c1)OCCO2. The summed E-state index contributed by atoms with van der Waals surface area (Å²) in [7, 11) is 1.68. The molecule has 0 spiro atoms. The lowest BCUT2D eigenvalue weighted by atomic mass is 10.1. The van der Waals surface area contributed by atoms with Crippen LogP contribution >= 0.6 is 0 Å². The molecular weight excluding hydrogens is 334 g/mol. The van der Waals surface area contributed by atoms with Crippen LogP contribution in [0.5, 0.6) is 11.5 Å². The molecule has 0 saturated carbocycles. The van der Waals surface area contributed by atoms with Crippen LogP contribution in [0.4, 0.5) is 0 Å². The number of benzene rings is 2. The molecule has 0 saturated heterocycles. The maximum Gasteiger partial charge on any atom is 0.310 e. The van der Waals surface area contributed by atoms with E-state index < -0.39 is 5.97 Å². The molecule has 1 heterocycles. The van der Waals surface area contributed by atoms with Gasteiger partial charge in [0.25, 0.3) is 5.91 Å². The summed E-state index contributed by atoms with van der Waals surface area (Å²) in [5.41, 5.74) is 1.77. The van der Waals surface area contributed by atoms with Gasteiger partial charge in [-0.3, -0.25) is 9.59 Å². The second kappa shape index (κ2) is 8.38. The summed E-state index contributed by atoms with van der Waals surface area (Å²) in [6, 6.07) is 15.0. The van der Waals surface area contributed by atoms with Crippen LogP contribution in [0.3, 0.4) is 0 Å². The minimum Gasteiger partial charge on any atom is -0.486 e. The Balaban J connectivity index is 1.47. The van der Waals surface area contributed by atoms with Crippen LogP contribution in [0.2, 0.25) is 0 Å². The van der Waals surface area contributed by atoms with Gasteiger partial charge in [0, 0.05) is 13.6 Å². The van der Waals surface area contributed by atoms with Crippen molar-refractivity contribution in [1.82, 2.24) is 4.90 Å². The number of hydrogen-bond acceptors (Lipinski definition) is 5. The van der Waals surface area contributed by atoms with Crippen LogP contribution in [0, 0.1) is 0 Å². The lowest BCUT2D eigenvalue weighted by molar-refractivity contribution is -0.151. The standard InChI is InChI=1S/C20H21NO5/c1-21(13-15-5-3-2-4-6-15)19(22)14-26-20(23)12-16-7-8-17-18(11-16)25-10-9-24-17/h2-8,11H,9-10,12-14H2,1H3. The Kier molecular flexibility index (Phi) is 5.73. The first kappa shape index (κ1) is 17.8. The van der Waals surface area contributed by atoms with Crippen LogP contribution in [0.15, 0.2) is 48.5 Å². The van der Waals surface area contributed by atoms with Crippen molar-refractivity contribution in [2.75, 3.05) is 26.9 Å².